The summed E-state index contributed by atoms with van der Waals surface area (Å²) in [6.45, 7) is 21.9. The first-order valence-corrected chi connectivity index (χ1v) is 16.8. The van der Waals surface area contributed by atoms with Crippen molar-refractivity contribution < 1.29 is 19.5 Å². The van der Waals surface area contributed by atoms with E-state index in [2.05, 4.69) is 57.7 Å². The van der Waals surface area contributed by atoms with E-state index in [-0.39, 0.29) is 42.1 Å². The number of nitrogens with one attached hydrogen (secondary N) is 5. The molecule has 10 nitrogen and oxygen atoms in total. The number of carbonyl (C=O) groups excluding carboxylic acids is 3. The predicted molar refractivity (Wildman–Crippen MR) is 176 cm³/mol. The average molecular weight is 625 g/mol. The maximum absolute atomic E-state index is 13.1. The third-order valence-corrected chi connectivity index (χ3v) is 8.32. The highest BCUT2D eigenvalue weighted by molar-refractivity contribution is 7.09. The molecular weight excluding hydrogens is 564 g/mol. The molecule has 0 radical (unpaired) electrons. The lowest BCUT2D eigenvalue weighted by Crippen LogP contribution is -2.53. The maximum atomic E-state index is 13.1. The van der Waals surface area contributed by atoms with Gasteiger partial charge in [-0.05, 0) is 50.0 Å². The molecule has 248 valence electrons. The lowest BCUT2D eigenvalue weighted by Gasteiger charge is -2.30. The molecule has 0 aliphatic rings. The predicted octanol–water partition coefficient (Wildman–Crippen LogP) is 3.03. The topological polar surface area (TPSA) is 144 Å². The molecule has 0 saturated heterocycles. The van der Waals surface area contributed by atoms with Gasteiger partial charge in [-0.25, -0.2) is 4.98 Å². The SMILES string of the molecule is CC(=O)NCC(CNC(CC(C)C)C(O)CC(C)C(=O)NC(C(=O)NCC(C)C)C(C)C)NCC(C)Cc1nc(C)cs1. The fourth-order valence-corrected chi connectivity index (χ4v) is 5.71. The Kier molecular flexibility index (Phi) is 18.2. The summed E-state index contributed by atoms with van der Waals surface area (Å²) >= 11 is 1.68. The molecule has 0 spiro atoms. The van der Waals surface area contributed by atoms with E-state index in [1.54, 1.807) is 18.3 Å². The van der Waals surface area contributed by atoms with Crippen LogP contribution in [0.4, 0.5) is 0 Å². The lowest BCUT2D eigenvalue weighted by molar-refractivity contribution is -0.132. The average Bonchev–Trinajstić information content (AvgIpc) is 3.32. The van der Waals surface area contributed by atoms with Crippen molar-refractivity contribution in [2.24, 2.45) is 29.6 Å². The van der Waals surface area contributed by atoms with E-state index >= 15 is 0 Å². The zero-order valence-electron chi connectivity index (χ0n) is 28.3. The van der Waals surface area contributed by atoms with E-state index in [0.29, 0.717) is 37.4 Å². The zero-order chi connectivity index (χ0) is 32.7. The normalized spacial score (nSPS) is 16.0. The smallest absolute Gasteiger partial charge is 0.242 e. The van der Waals surface area contributed by atoms with Gasteiger partial charge in [0.25, 0.3) is 0 Å². The van der Waals surface area contributed by atoms with Crippen LogP contribution in [-0.4, -0.2) is 78.2 Å². The Bertz CT molecular complexity index is 969. The van der Waals surface area contributed by atoms with E-state index in [1.807, 2.05) is 34.6 Å². The Labute approximate surface area is 264 Å². The second-order valence-electron chi connectivity index (χ2n) is 13.5. The van der Waals surface area contributed by atoms with Crippen molar-refractivity contribution in [2.75, 3.05) is 26.2 Å². The van der Waals surface area contributed by atoms with Crippen LogP contribution in [0.1, 0.15) is 85.9 Å². The summed E-state index contributed by atoms with van der Waals surface area (Å²) in [6.07, 6.45) is 1.12. The number of aliphatic hydroxyl groups excluding tert-OH is 1. The third-order valence-electron chi connectivity index (χ3n) is 7.33. The lowest BCUT2D eigenvalue weighted by atomic mass is 9.92. The number of rotatable bonds is 21. The van der Waals surface area contributed by atoms with Gasteiger partial charge in [-0.15, -0.1) is 11.3 Å². The first kappa shape index (κ1) is 38.9. The van der Waals surface area contributed by atoms with Crippen LogP contribution in [0.15, 0.2) is 5.38 Å². The van der Waals surface area contributed by atoms with Crippen LogP contribution in [0.2, 0.25) is 0 Å². The van der Waals surface area contributed by atoms with Crippen LogP contribution in [-0.2, 0) is 20.8 Å². The second kappa shape index (κ2) is 20.0. The number of carbonyl (C=O) groups is 3. The van der Waals surface area contributed by atoms with E-state index < -0.39 is 18.1 Å². The van der Waals surface area contributed by atoms with Crippen LogP contribution < -0.4 is 26.6 Å². The van der Waals surface area contributed by atoms with Gasteiger partial charge in [0.2, 0.25) is 17.7 Å². The van der Waals surface area contributed by atoms with Gasteiger partial charge in [0.1, 0.15) is 6.04 Å². The molecule has 0 aliphatic carbocycles. The summed E-state index contributed by atoms with van der Waals surface area (Å²) in [4.78, 5) is 42.0. The highest BCUT2D eigenvalue weighted by atomic mass is 32.1. The maximum Gasteiger partial charge on any atom is 0.242 e. The molecule has 0 aromatic carbocycles. The highest BCUT2D eigenvalue weighted by Gasteiger charge is 2.29. The van der Waals surface area contributed by atoms with Gasteiger partial charge in [-0.3, -0.25) is 14.4 Å². The second-order valence-corrected chi connectivity index (χ2v) is 14.4. The third kappa shape index (κ3) is 16.5. The molecule has 0 fully saturated rings. The summed E-state index contributed by atoms with van der Waals surface area (Å²) in [7, 11) is 0. The van der Waals surface area contributed by atoms with Gasteiger partial charge >= 0.3 is 0 Å². The molecule has 0 aliphatic heterocycles. The summed E-state index contributed by atoms with van der Waals surface area (Å²) in [6, 6.07) is -0.899. The van der Waals surface area contributed by atoms with Crippen molar-refractivity contribution in [1.82, 2.24) is 31.6 Å². The van der Waals surface area contributed by atoms with Crippen molar-refractivity contribution in [3.63, 3.8) is 0 Å². The van der Waals surface area contributed by atoms with Crippen LogP contribution in [0.25, 0.3) is 0 Å². The quantitative estimate of drug-likeness (QED) is 0.123. The molecular formula is C32H60N6O4S. The Morgan fingerprint density at radius 3 is 2.07 bits per heavy atom. The Balaban J connectivity index is 2.80. The Morgan fingerprint density at radius 2 is 1.53 bits per heavy atom. The standard InChI is InChI=1S/C32H60N6O4S/c1-19(2)11-27(28(40)13-23(8)31(41)38-30(21(5)6)32(42)36-14-20(3)4)35-17-26(16-33-25(10)39)34-15-22(7)12-29-37-24(9)18-43-29/h18-23,26-28,30,34-35,40H,11-17H2,1-10H3,(H,33,39)(H,36,42)(H,38,41). The van der Waals surface area contributed by atoms with Gasteiger partial charge in [0.15, 0.2) is 0 Å². The molecule has 1 aromatic rings. The summed E-state index contributed by atoms with van der Waals surface area (Å²) in [5.74, 6) is -0.0446. The number of hydrogen-bond acceptors (Lipinski definition) is 8. The Morgan fingerprint density at radius 1 is 0.860 bits per heavy atom. The van der Waals surface area contributed by atoms with Crippen molar-refractivity contribution in [2.45, 2.75) is 113 Å². The monoisotopic (exact) mass is 624 g/mol. The Hall–Kier alpha value is -2.08. The number of thiazole rings is 1. The largest absolute Gasteiger partial charge is 0.391 e. The number of aryl methyl sites for hydroxylation is 1. The van der Waals surface area contributed by atoms with Crippen molar-refractivity contribution >= 4 is 29.1 Å². The van der Waals surface area contributed by atoms with Crippen LogP contribution in [0.5, 0.6) is 0 Å². The molecule has 1 heterocycles. The van der Waals surface area contributed by atoms with Gasteiger partial charge < -0.3 is 31.7 Å². The molecule has 11 heteroatoms. The van der Waals surface area contributed by atoms with Gasteiger partial charge in [0, 0.05) is 62.1 Å². The fraction of sp³-hybridized carbons (Fsp3) is 0.812. The molecule has 6 N–H and O–H groups in total. The number of aromatic nitrogens is 1. The molecule has 0 bridgehead atoms. The van der Waals surface area contributed by atoms with Crippen molar-refractivity contribution in [3.05, 3.63) is 16.1 Å². The molecule has 1 rings (SSSR count). The van der Waals surface area contributed by atoms with Gasteiger partial charge in [-0.2, -0.15) is 0 Å². The summed E-state index contributed by atoms with van der Waals surface area (Å²) in [5.41, 5.74) is 1.04. The summed E-state index contributed by atoms with van der Waals surface area (Å²) < 4.78 is 0. The van der Waals surface area contributed by atoms with Gasteiger partial charge in [0.05, 0.1) is 11.1 Å². The number of hydrogen-bond donors (Lipinski definition) is 6. The molecule has 6 atom stereocenters. The first-order chi connectivity index (χ1) is 20.1. The van der Waals surface area contributed by atoms with Crippen LogP contribution in [0, 0.1) is 36.5 Å². The van der Waals surface area contributed by atoms with Crippen LogP contribution in [0.3, 0.4) is 0 Å². The number of nitrogens with zero attached hydrogens (tertiary/aromatic N) is 1. The molecule has 3 amide bonds. The van der Waals surface area contributed by atoms with E-state index in [0.717, 1.165) is 30.1 Å². The minimum absolute atomic E-state index is 0.0388. The molecule has 1 aromatic heterocycles. The van der Waals surface area contributed by atoms with Crippen LogP contribution >= 0.6 is 11.3 Å². The minimum atomic E-state index is -0.760. The number of amides is 3. The molecule has 6 unspecified atom stereocenters. The molecule has 0 saturated carbocycles. The summed E-state index contributed by atoms with van der Waals surface area (Å²) in [5, 5.41) is 30.3. The van der Waals surface area contributed by atoms with E-state index in [9.17, 15) is 19.5 Å². The fourth-order valence-electron chi connectivity index (χ4n) is 4.77. The minimum Gasteiger partial charge on any atom is -0.391 e. The highest BCUT2D eigenvalue weighted by Crippen LogP contribution is 2.17. The zero-order valence-corrected chi connectivity index (χ0v) is 29.1. The van der Waals surface area contributed by atoms with E-state index in [4.69, 9.17) is 0 Å². The first-order valence-electron chi connectivity index (χ1n) is 16.0. The van der Waals surface area contributed by atoms with Gasteiger partial charge in [-0.1, -0.05) is 55.4 Å². The van der Waals surface area contributed by atoms with Crippen molar-refractivity contribution in [3.8, 4) is 0 Å². The number of aliphatic hydroxyl groups is 1. The molecule has 43 heavy (non-hydrogen) atoms. The van der Waals surface area contributed by atoms with Crippen molar-refractivity contribution in [1.29, 1.82) is 0 Å². The van der Waals surface area contributed by atoms with E-state index in [1.165, 1.54) is 6.92 Å².